The van der Waals surface area contributed by atoms with Crippen molar-refractivity contribution in [3.63, 3.8) is 0 Å². The van der Waals surface area contributed by atoms with E-state index >= 15 is 0 Å². The molecular weight excluding hydrogens is 1070 g/mol. The van der Waals surface area contributed by atoms with Crippen molar-refractivity contribution in [1.82, 2.24) is 0 Å². The van der Waals surface area contributed by atoms with Gasteiger partial charge in [-0.3, -0.25) is 0 Å². The van der Waals surface area contributed by atoms with Gasteiger partial charge in [0.25, 0.3) is 0 Å². The molecule has 0 aliphatic rings. The first kappa shape index (κ1) is 52.4. The second-order valence-electron chi connectivity index (χ2n) is 23.4. The van der Waals surface area contributed by atoms with Crippen molar-refractivity contribution in [3.8, 4) is 55.6 Å². The molecule has 2 heterocycles. The van der Waals surface area contributed by atoms with Crippen molar-refractivity contribution in [2.75, 3.05) is 9.80 Å². The molecule has 0 radical (unpaired) electrons. The summed E-state index contributed by atoms with van der Waals surface area (Å²) in [7, 11) is 0. The quantitative estimate of drug-likeness (QED) is 0.129. The monoisotopic (exact) mass is 1130 g/mol. The summed E-state index contributed by atoms with van der Waals surface area (Å²) in [5, 5.41) is 9.35. The minimum absolute atomic E-state index is 0.894. The van der Waals surface area contributed by atoms with Gasteiger partial charge in [-0.25, -0.2) is 0 Å². The number of fused-ring (bicyclic) bond motifs is 8. The largest absolute Gasteiger partial charge is 0.455 e. The number of aryl methyl sites for hydroxylation is 4. The zero-order valence-corrected chi connectivity index (χ0v) is 49.4. The first-order valence-electron chi connectivity index (χ1n) is 30.3. The molecule has 0 bridgehead atoms. The molecule has 0 saturated heterocycles. The molecular formula is C84H60N2O2. The minimum atomic E-state index is 0.894. The van der Waals surface area contributed by atoms with Gasteiger partial charge in [0.05, 0.1) is 11.4 Å². The number of hydrogen-bond acceptors (Lipinski definition) is 4. The number of anilines is 6. The summed E-state index contributed by atoms with van der Waals surface area (Å²) < 4.78 is 13.1. The number of furan rings is 2. The highest BCUT2D eigenvalue weighted by atomic mass is 16.3. The SMILES string of the molecule is Cc1cc(-c2ccc(N(c3ccc(-c4cccc5c4oc4ccccc45)cc3)c3c(C)cccc3-c3ccc4ccccc4c3)c(C)c2)ccc1N(c1ccc(-c2cccc3c2oc2ccccc23)cc1)c1c(C)cccc1-c1ccc2ccccc2c1. The lowest BCUT2D eigenvalue weighted by atomic mass is 9.94. The summed E-state index contributed by atoms with van der Waals surface area (Å²) in [6.45, 7) is 8.98. The van der Waals surface area contributed by atoms with Crippen molar-refractivity contribution in [2.24, 2.45) is 0 Å². The van der Waals surface area contributed by atoms with Crippen LogP contribution in [0.2, 0.25) is 0 Å². The Hall–Kier alpha value is -11.2. The van der Waals surface area contributed by atoms with Crippen molar-refractivity contribution in [1.29, 1.82) is 0 Å². The van der Waals surface area contributed by atoms with Crippen LogP contribution in [0.15, 0.2) is 300 Å². The lowest BCUT2D eigenvalue weighted by Crippen LogP contribution is -2.14. The number of benzene rings is 14. The van der Waals surface area contributed by atoms with Crippen LogP contribution in [0.1, 0.15) is 22.3 Å². The van der Waals surface area contributed by atoms with Gasteiger partial charge < -0.3 is 18.6 Å². The first-order chi connectivity index (χ1) is 43.3. The fourth-order valence-corrected chi connectivity index (χ4v) is 13.6. The smallest absolute Gasteiger partial charge is 0.143 e. The number of rotatable bonds is 11. The Morgan fingerprint density at radius 2 is 0.591 bits per heavy atom. The molecule has 0 spiro atoms. The van der Waals surface area contributed by atoms with Crippen molar-refractivity contribution in [3.05, 3.63) is 313 Å². The Labute approximate surface area is 512 Å². The molecule has 0 fully saturated rings. The number of hydrogen-bond donors (Lipinski definition) is 0. The Kier molecular flexibility index (Phi) is 12.7. The van der Waals surface area contributed by atoms with Crippen LogP contribution in [0.3, 0.4) is 0 Å². The van der Waals surface area contributed by atoms with E-state index in [1.165, 1.54) is 43.8 Å². The standard InChI is InChI=1S/C84H60N2O2/c1-53-17-13-25-69(65-35-33-57-19-5-7-21-61(57)51-65)81(53)85(67-43-37-59(38-44-67)71-27-15-29-75-73-23-9-11-31-79(73)87-83(71)75)77-47-41-63(49-55(77)3)64-42-48-78(56(4)50-64)86(82-54(2)18-14-26-70(82)66-36-34-58-20-6-8-22-62(58)52-66)68-45-39-60(40-46-68)72-28-16-30-76-74-24-10-12-32-80(74)88-84(72)76/h5-52H,1-4H3. The Morgan fingerprint density at radius 3 is 1.02 bits per heavy atom. The van der Waals surface area contributed by atoms with Gasteiger partial charge in [-0.1, -0.05) is 218 Å². The fourth-order valence-electron chi connectivity index (χ4n) is 13.6. The number of nitrogens with zero attached hydrogens (tertiary/aromatic N) is 2. The molecule has 14 aromatic carbocycles. The highest BCUT2D eigenvalue weighted by molar-refractivity contribution is 6.11. The van der Waals surface area contributed by atoms with Gasteiger partial charge in [-0.05, 0) is 178 Å². The average Bonchev–Trinajstić information content (AvgIpc) is 3.20. The van der Waals surface area contributed by atoms with E-state index in [2.05, 4.69) is 317 Å². The highest BCUT2D eigenvalue weighted by Gasteiger charge is 2.25. The van der Waals surface area contributed by atoms with Crippen molar-refractivity contribution < 1.29 is 8.83 Å². The van der Waals surface area contributed by atoms with E-state index in [9.17, 15) is 0 Å². The highest BCUT2D eigenvalue weighted by Crippen LogP contribution is 2.49. The molecule has 0 aliphatic heterocycles. The van der Waals surface area contributed by atoms with E-state index in [0.717, 1.165) is 134 Å². The topological polar surface area (TPSA) is 32.8 Å². The third kappa shape index (κ3) is 9.00. The fraction of sp³-hybridized carbons (Fsp3) is 0.0476. The lowest BCUT2D eigenvalue weighted by molar-refractivity contribution is 0.669. The molecule has 0 atom stereocenters. The Balaban J connectivity index is 0.808. The Bertz CT molecular complexity index is 5060. The molecule has 16 rings (SSSR count). The van der Waals surface area contributed by atoms with E-state index in [1.54, 1.807) is 0 Å². The van der Waals surface area contributed by atoms with Gasteiger partial charge >= 0.3 is 0 Å². The summed E-state index contributed by atoms with van der Waals surface area (Å²) in [6.07, 6.45) is 0. The van der Waals surface area contributed by atoms with Crippen molar-refractivity contribution >= 4 is 99.5 Å². The van der Waals surface area contributed by atoms with Crippen molar-refractivity contribution in [2.45, 2.75) is 27.7 Å². The molecule has 4 nitrogen and oxygen atoms in total. The van der Waals surface area contributed by atoms with E-state index in [-0.39, 0.29) is 0 Å². The van der Waals surface area contributed by atoms with Gasteiger partial charge in [0, 0.05) is 66.5 Å². The summed E-state index contributed by atoms with van der Waals surface area (Å²) in [5.41, 5.74) is 26.1. The van der Waals surface area contributed by atoms with Crippen LogP contribution in [0.25, 0.3) is 121 Å². The van der Waals surface area contributed by atoms with Gasteiger partial charge in [0.15, 0.2) is 0 Å². The summed E-state index contributed by atoms with van der Waals surface area (Å²) in [6, 6.07) is 106. The van der Waals surface area contributed by atoms with Crippen LogP contribution in [0.4, 0.5) is 34.1 Å². The lowest BCUT2D eigenvalue weighted by Gasteiger charge is -2.32. The maximum atomic E-state index is 6.55. The third-order valence-corrected chi connectivity index (χ3v) is 17.9. The predicted octanol–water partition coefficient (Wildman–Crippen LogP) is 24.3. The first-order valence-corrected chi connectivity index (χ1v) is 30.3. The molecule has 88 heavy (non-hydrogen) atoms. The molecule has 2 aromatic heterocycles. The molecule has 0 amide bonds. The maximum Gasteiger partial charge on any atom is 0.143 e. The van der Waals surface area contributed by atoms with Gasteiger partial charge in [0.2, 0.25) is 0 Å². The van der Waals surface area contributed by atoms with E-state index in [4.69, 9.17) is 8.83 Å². The summed E-state index contributed by atoms with van der Waals surface area (Å²) >= 11 is 0. The minimum Gasteiger partial charge on any atom is -0.455 e. The molecule has 16 aromatic rings. The van der Waals surface area contributed by atoms with Gasteiger partial charge in [-0.2, -0.15) is 0 Å². The molecule has 0 saturated carbocycles. The second-order valence-corrected chi connectivity index (χ2v) is 23.4. The normalized spacial score (nSPS) is 11.6. The molecule has 4 heteroatoms. The van der Waals surface area contributed by atoms with E-state index in [0.29, 0.717) is 0 Å². The van der Waals surface area contributed by atoms with Crippen LogP contribution in [-0.2, 0) is 0 Å². The van der Waals surface area contributed by atoms with Gasteiger partial charge in [0.1, 0.15) is 22.3 Å². The van der Waals surface area contributed by atoms with Crippen LogP contribution in [0.5, 0.6) is 0 Å². The molecule has 0 unspecified atom stereocenters. The Morgan fingerprint density at radius 1 is 0.239 bits per heavy atom. The molecule has 418 valence electrons. The molecule has 0 aliphatic carbocycles. The second kappa shape index (κ2) is 21.4. The zero-order valence-electron chi connectivity index (χ0n) is 49.4. The van der Waals surface area contributed by atoms with Crippen LogP contribution in [0, 0.1) is 27.7 Å². The maximum absolute atomic E-state index is 6.55. The third-order valence-electron chi connectivity index (χ3n) is 17.9. The molecule has 0 N–H and O–H groups in total. The average molecular weight is 1130 g/mol. The summed E-state index contributed by atoms with van der Waals surface area (Å²) in [4.78, 5) is 4.93. The predicted molar refractivity (Wildman–Crippen MR) is 372 cm³/mol. The van der Waals surface area contributed by atoms with E-state index in [1.807, 2.05) is 12.1 Å². The van der Waals surface area contributed by atoms with Crippen LogP contribution < -0.4 is 9.80 Å². The van der Waals surface area contributed by atoms with Crippen LogP contribution >= 0.6 is 0 Å². The summed E-state index contributed by atoms with van der Waals surface area (Å²) in [5.74, 6) is 0. The van der Waals surface area contributed by atoms with Crippen LogP contribution in [-0.4, -0.2) is 0 Å². The number of para-hydroxylation sites is 6. The van der Waals surface area contributed by atoms with E-state index < -0.39 is 0 Å². The zero-order chi connectivity index (χ0) is 59.0. The van der Waals surface area contributed by atoms with Gasteiger partial charge in [-0.15, -0.1) is 0 Å².